The molecule has 0 aliphatic carbocycles. The number of rotatable bonds is 4. The van der Waals surface area contributed by atoms with Gasteiger partial charge in [-0.15, -0.1) is 0 Å². The van der Waals surface area contributed by atoms with Crippen LogP contribution in [0.3, 0.4) is 0 Å². The average molecular weight is 277 g/mol. The van der Waals surface area contributed by atoms with Crippen LogP contribution in [0, 0.1) is 5.41 Å². The quantitative estimate of drug-likeness (QED) is 0.740. The second kappa shape index (κ2) is 5.73. The molecule has 0 heterocycles. The number of nitrogens with one attached hydrogen (secondary N) is 2. The molecule has 1 aromatic rings. The normalized spacial score (nSPS) is 12.1. The minimum atomic E-state index is -0.130. The number of anilines is 2. The summed E-state index contributed by atoms with van der Waals surface area (Å²) in [6.07, 6.45) is 0.974. The first-order valence-corrected chi connectivity index (χ1v) is 6.94. The Morgan fingerprint density at radius 3 is 2.30 bits per heavy atom. The average Bonchev–Trinajstić information content (AvgIpc) is 2.24. The van der Waals surface area contributed by atoms with E-state index in [2.05, 4.69) is 45.3 Å². The second-order valence-corrected chi connectivity index (χ2v) is 7.13. The Bertz CT molecular complexity index is 487. The maximum Gasteiger partial charge on any atom is 0.253 e. The molecule has 0 aliphatic rings. The molecule has 4 nitrogen and oxygen atoms in total. The van der Waals surface area contributed by atoms with E-state index in [1.807, 2.05) is 6.07 Å². The Kier molecular flexibility index (Phi) is 4.69. The highest BCUT2D eigenvalue weighted by molar-refractivity contribution is 6.00. The molecule has 0 fully saturated rings. The lowest BCUT2D eigenvalue weighted by Crippen LogP contribution is -2.36. The van der Waals surface area contributed by atoms with Crippen molar-refractivity contribution in [3.05, 3.63) is 23.8 Å². The third-order valence-corrected chi connectivity index (χ3v) is 2.96. The predicted octanol–water partition coefficient (Wildman–Crippen LogP) is 3.26. The summed E-state index contributed by atoms with van der Waals surface area (Å²) in [5.74, 6) is -0.112. The van der Waals surface area contributed by atoms with Gasteiger partial charge in [-0.1, -0.05) is 20.8 Å². The molecular formula is C16H27N3O. The highest BCUT2D eigenvalue weighted by atomic mass is 16.1. The van der Waals surface area contributed by atoms with E-state index in [4.69, 9.17) is 5.73 Å². The Morgan fingerprint density at radius 1 is 1.20 bits per heavy atom. The van der Waals surface area contributed by atoms with Gasteiger partial charge in [0.05, 0.1) is 5.56 Å². The largest absolute Gasteiger partial charge is 0.399 e. The SMILES string of the molecule is CNC(=O)c1ccc(N)cc1NC(C)(C)CC(C)(C)C. The number of carbonyl (C=O) groups excluding carboxylic acids is 1. The minimum absolute atomic E-state index is 0.112. The minimum Gasteiger partial charge on any atom is -0.399 e. The van der Waals surface area contributed by atoms with Crippen LogP contribution in [0.4, 0.5) is 11.4 Å². The fourth-order valence-corrected chi connectivity index (χ4v) is 2.73. The van der Waals surface area contributed by atoms with Gasteiger partial charge in [0.15, 0.2) is 0 Å². The fourth-order valence-electron chi connectivity index (χ4n) is 2.73. The molecule has 0 spiro atoms. The van der Waals surface area contributed by atoms with Gasteiger partial charge in [-0.25, -0.2) is 0 Å². The van der Waals surface area contributed by atoms with Gasteiger partial charge < -0.3 is 16.4 Å². The molecule has 0 radical (unpaired) electrons. The Hall–Kier alpha value is -1.71. The monoisotopic (exact) mass is 277 g/mol. The third-order valence-electron chi connectivity index (χ3n) is 2.96. The number of benzene rings is 1. The molecule has 0 aliphatic heterocycles. The number of hydrogen-bond donors (Lipinski definition) is 3. The van der Waals surface area contributed by atoms with E-state index in [-0.39, 0.29) is 16.9 Å². The fraction of sp³-hybridized carbons (Fsp3) is 0.562. The van der Waals surface area contributed by atoms with E-state index < -0.39 is 0 Å². The van der Waals surface area contributed by atoms with E-state index in [1.54, 1.807) is 19.2 Å². The van der Waals surface area contributed by atoms with Crippen LogP contribution in [-0.2, 0) is 0 Å². The first kappa shape index (κ1) is 16.3. The van der Waals surface area contributed by atoms with Crippen LogP contribution < -0.4 is 16.4 Å². The van der Waals surface area contributed by atoms with Crippen LogP contribution in [0.1, 0.15) is 51.4 Å². The molecule has 1 aromatic carbocycles. The van der Waals surface area contributed by atoms with Crippen LogP contribution >= 0.6 is 0 Å². The van der Waals surface area contributed by atoms with Gasteiger partial charge in [0.2, 0.25) is 0 Å². The summed E-state index contributed by atoms with van der Waals surface area (Å²) in [6.45, 7) is 10.9. The van der Waals surface area contributed by atoms with Crippen LogP contribution in [0.25, 0.3) is 0 Å². The van der Waals surface area contributed by atoms with Crippen molar-refractivity contribution in [1.29, 1.82) is 0 Å². The number of carbonyl (C=O) groups is 1. The van der Waals surface area contributed by atoms with Crippen LogP contribution in [0.2, 0.25) is 0 Å². The molecule has 4 N–H and O–H groups in total. The lowest BCUT2D eigenvalue weighted by molar-refractivity contribution is 0.0964. The molecule has 0 unspecified atom stereocenters. The van der Waals surface area contributed by atoms with Gasteiger partial charge in [0, 0.05) is 24.0 Å². The topological polar surface area (TPSA) is 67.2 Å². The van der Waals surface area contributed by atoms with E-state index in [9.17, 15) is 4.79 Å². The summed E-state index contributed by atoms with van der Waals surface area (Å²) in [7, 11) is 1.63. The van der Waals surface area contributed by atoms with Crippen molar-refractivity contribution >= 4 is 17.3 Å². The Balaban J connectivity index is 3.07. The molecular weight excluding hydrogens is 250 g/mol. The lowest BCUT2D eigenvalue weighted by Gasteiger charge is -2.34. The van der Waals surface area contributed by atoms with Gasteiger partial charge in [0.25, 0.3) is 5.91 Å². The van der Waals surface area contributed by atoms with Crippen molar-refractivity contribution in [2.24, 2.45) is 5.41 Å². The van der Waals surface area contributed by atoms with Crippen molar-refractivity contribution in [1.82, 2.24) is 5.32 Å². The zero-order valence-corrected chi connectivity index (χ0v) is 13.4. The van der Waals surface area contributed by atoms with E-state index in [0.29, 0.717) is 11.3 Å². The van der Waals surface area contributed by atoms with E-state index in [0.717, 1.165) is 12.1 Å². The van der Waals surface area contributed by atoms with Gasteiger partial charge >= 0.3 is 0 Å². The Labute approximate surface area is 122 Å². The lowest BCUT2D eigenvalue weighted by atomic mass is 9.81. The van der Waals surface area contributed by atoms with Crippen LogP contribution in [0.5, 0.6) is 0 Å². The highest BCUT2D eigenvalue weighted by Crippen LogP contribution is 2.31. The van der Waals surface area contributed by atoms with Crippen molar-refractivity contribution in [3.8, 4) is 0 Å². The van der Waals surface area contributed by atoms with Crippen molar-refractivity contribution in [3.63, 3.8) is 0 Å². The third kappa shape index (κ3) is 4.76. The summed E-state index contributed by atoms with van der Waals surface area (Å²) in [5, 5.41) is 6.11. The highest BCUT2D eigenvalue weighted by Gasteiger charge is 2.26. The van der Waals surface area contributed by atoms with E-state index >= 15 is 0 Å². The maximum absolute atomic E-state index is 11.9. The molecule has 20 heavy (non-hydrogen) atoms. The van der Waals surface area contributed by atoms with Crippen molar-refractivity contribution in [2.75, 3.05) is 18.1 Å². The first-order chi connectivity index (χ1) is 9.04. The first-order valence-electron chi connectivity index (χ1n) is 6.94. The summed E-state index contributed by atoms with van der Waals surface area (Å²) in [5.41, 5.74) is 7.95. The molecule has 0 atom stereocenters. The zero-order valence-electron chi connectivity index (χ0n) is 13.4. The summed E-state index contributed by atoms with van der Waals surface area (Å²) < 4.78 is 0. The Morgan fingerprint density at radius 2 is 1.80 bits per heavy atom. The molecule has 1 amide bonds. The van der Waals surface area contributed by atoms with Gasteiger partial charge in [0.1, 0.15) is 0 Å². The molecule has 0 aromatic heterocycles. The van der Waals surface area contributed by atoms with Crippen molar-refractivity contribution in [2.45, 2.75) is 46.6 Å². The molecule has 1 rings (SSSR count). The standard InChI is InChI=1S/C16H27N3O/c1-15(2,3)10-16(4,5)19-13-9-11(17)7-8-12(13)14(20)18-6/h7-9,19H,10,17H2,1-6H3,(H,18,20). The molecule has 0 saturated heterocycles. The molecule has 0 saturated carbocycles. The van der Waals surface area contributed by atoms with Crippen LogP contribution in [0.15, 0.2) is 18.2 Å². The van der Waals surface area contributed by atoms with Gasteiger partial charge in [-0.3, -0.25) is 4.79 Å². The molecule has 0 bridgehead atoms. The summed E-state index contributed by atoms with van der Waals surface area (Å²) in [6, 6.07) is 5.31. The molecule has 112 valence electrons. The number of hydrogen-bond acceptors (Lipinski definition) is 3. The van der Waals surface area contributed by atoms with E-state index in [1.165, 1.54) is 0 Å². The summed E-state index contributed by atoms with van der Waals surface area (Å²) in [4.78, 5) is 11.9. The second-order valence-electron chi connectivity index (χ2n) is 7.13. The van der Waals surface area contributed by atoms with Gasteiger partial charge in [-0.05, 0) is 43.9 Å². The van der Waals surface area contributed by atoms with Gasteiger partial charge in [-0.2, -0.15) is 0 Å². The summed E-state index contributed by atoms with van der Waals surface area (Å²) >= 11 is 0. The smallest absolute Gasteiger partial charge is 0.253 e. The number of amides is 1. The number of nitrogen functional groups attached to an aromatic ring is 1. The maximum atomic E-state index is 11.9. The molecule has 4 heteroatoms. The zero-order chi connectivity index (χ0) is 15.6. The number of nitrogens with two attached hydrogens (primary N) is 1. The van der Waals surface area contributed by atoms with Crippen LogP contribution in [-0.4, -0.2) is 18.5 Å². The van der Waals surface area contributed by atoms with Crippen molar-refractivity contribution < 1.29 is 4.79 Å². The predicted molar refractivity (Wildman–Crippen MR) is 86.0 cm³/mol.